The SMILES string of the molecule is O=C(COC(=O)c1ccc2c3c1C1C=CCC1CN3CC1CC=CC21)c1ccc(Cl)cc1. The van der Waals surface area contributed by atoms with Crippen LogP contribution in [-0.4, -0.2) is 31.4 Å². The Morgan fingerprint density at radius 2 is 1.62 bits per heavy atom. The number of carbonyl (C=O) groups is 2. The van der Waals surface area contributed by atoms with Crippen LogP contribution in [0.4, 0.5) is 5.69 Å². The topological polar surface area (TPSA) is 46.6 Å². The van der Waals surface area contributed by atoms with Gasteiger partial charge in [0.2, 0.25) is 0 Å². The number of anilines is 1. The molecule has 2 aromatic rings. The van der Waals surface area contributed by atoms with Crippen molar-refractivity contribution >= 4 is 29.0 Å². The number of fused-ring (bicyclic) bond motifs is 4. The van der Waals surface area contributed by atoms with Gasteiger partial charge in [0.15, 0.2) is 12.4 Å². The molecule has 0 radical (unpaired) electrons. The molecule has 0 fully saturated rings. The predicted molar refractivity (Wildman–Crippen MR) is 125 cm³/mol. The Hall–Kier alpha value is -2.85. The molecule has 2 aromatic carbocycles. The van der Waals surface area contributed by atoms with Gasteiger partial charge in [0, 0.05) is 41.2 Å². The monoisotopic (exact) mass is 445 g/mol. The van der Waals surface area contributed by atoms with Gasteiger partial charge >= 0.3 is 5.97 Å². The summed E-state index contributed by atoms with van der Waals surface area (Å²) in [4.78, 5) is 28.2. The van der Waals surface area contributed by atoms with E-state index in [1.807, 2.05) is 6.07 Å². The Labute approximate surface area is 192 Å². The van der Waals surface area contributed by atoms with Crippen LogP contribution < -0.4 is 4.90 Å². The van der Waals surface area contributed by atoms with Gasteiger partial charge in [0.25, 0.3) is 0 Å². The number of halogens is 1. The lowest BCUT2D eigenvalue weighted by Gasteiger charge is -2.46. The van der Waals surface area contributed by atoms with E-state index in [0.29, 0.717) is 33.9 Å². The van der Waals surface area contributed by atoms with Crippen LogP contribution >= 0.6 is 11.6 Å². The van der Waals surface area contributed by atoms with Crippen LogP contribution in [0.25, 0.3) is 0 Å². The molecule has 4 aliphatic rings. The summed E-state index contributed by atoms with van der Waals surface area (Å²) < 4.78 is 5.52. The third-order valence-corrected chi connectivity index (χ3v) is 7.72. The van der Waals surface area contributed by atoms with Gasteiger partial charge in [-0.15, -0.1) is 0 Å². The molecule has 2 heterocycles. The van der Waals surface area contributed by atoms with Crippen molar-refractivity contribution < 1.29 is 14.3 Å². The molecule has 0 saturated carbocycles. The lowest BCUT2D eigenvalue weighted by Crippen LogP contribution is -2.44. The number of Topliss-reactive ketones (excluding diaryl/α,β-unsaturated/α-hetero) is 1. The molecule has 4 atom stereocenters. The third kappa shape index (κ3) is 3.12. The van der Waals surface area contributed by atoms with Gasteiger partial charge in [-0.05, 0) is 66.1 Å². The fourth-order valence-corrected chi connectivity index (χ4v) is 6.11. The first kappa shape index (κ1) is 19.8. The molecule has 4 nitrogen and oxygen atoms in total. The van der Waals surface area contributed by atoms with Crippen molar-refractivity contribution in [2.24, 2.45) is 11.8 Å². The fourth-order valence-electron chi connectivity index (χ4n) is 5.99. The highest BCUT2D eigenvalue weighted by molar-refractivity contribution is 6.30. The van der Waals surface area contributed by atoms with Gasteiger partial charge in [0.1, 0.15) is 0 Å². The predicted octanol–water partition coefficient (Wildman–Crippen LogP) is 5.53. The normalized spacial score (nSPS) is 26.5. The Morgan fingerprint density at radius 3 is 2.38 bits per heavy atom. The minimum absolute atomic E-state index is 0.234. The number of hydrogen-bond donors (Lipinski definition) is 0. The van der Waals surface area contributed by atoms with E-state index in [-0.39, 0.29) is 18.3 Å². The van der Waals surface area contributed by atoms with Crippen molar-refractivity contribution in [3.63, 3.8) is 0 Å². The summed E-state index contributed by atoms with van der Waals surface area (Å²) in [6.07, 6.45) is 11.3. The van der Waals surface area contributed by atoms with Crippen molar-refractivity contribution in [3.05, 3.63) is 88.0 Å². The minimum Gasteiger partial charge on any atom is -0.454 e. The molecule has 0 aromatic heterocycles. The van der Waals surface area contributed by atoms with Crippen LogP contribution in [0, 0.1) is 11.8 Å². The van der Waals surface area contributed by atoms with Gasteiger partial charge in [-0.25, -0.2) is 4.79 Å². The molecule has 0 spiro atoms. The highest BCUT2D eigenvalue weighted by atomic mass is 35.5. The van der Waals surface area contributed by atoms with Gasteiger partial charge in [-0.2, -0.15) is 0 Å². The number of ketones is 1. The molecule has 162 valence electrons. The van der Waals surface area contributed by atoms with Crippen LogP contribution in [0.3, 0.4) is 0 Å². The van der Waals surface area contributed by atoms with E-state index >= 15 is 0 Å². The van der Waals surface area contributed by atoms with Crippen molar-refractivity contribution in [2.45, 2.75) is 24.7 Å². The molecule has 5 heteroatoms. The summed E-state index contributed by atoms with van der Waals surface area (Å²) in [7, 11) is 0. The zero-order chi connectivity index (χ0) is 21.8. The van der Waals surface area contributed by atoms with E-state index in [0.717, 1.165) is 31.5 Å². The van der Waals surface area contributed by atoms with Crippen LogP contribution in [-0.2, 0) is 4.74 Å². The maximum absolute atomic E-state index is 13.2. The van der Waals surface area contributed by atoms with Crippen molar-refractivity contribution in [1.82, 2.24) is 0 Å². The molecule has 0 N–H and O–H groups in total. The van der Waals surface area contributed by atoms with E-state index in [4.69, 9.17) is 16.3 Å². The molecule has 0 saturated heterocycles. The molecule has 6 rings (SSSR count). The minimum atomic E-state index is -0.421. The van der Waals surface area contributed by atoms with E-state index in [9.17, 15) is 9.59 Å². The smallest absolute Gasteiger partial charge is 0.338 e. The molecule has 4 unspecified atom stereocenters. The number of carbonyl (C=O) groups excluding carboxylic acids is 2. The zero-order valence-electron chi connectivity index (χ0n) is 17.7. The number of allylic oxidation sites excluding steroid dienone is 4. The van der Waals surface area contributed by atoms with E-state index < -0.39 is 5.97 Å². The van der Waals surface area contributed by atoms with E-state index in [2.05, 4.69) is 35.3 Å². The van der Waals surface area contributed by atoms with Gasteiger partial charge < -0.3 is 9.64 Å². The zero-order valence-corrected chi connectivity index (χ0v) is 18.4. The highest BCUT2D eigenvalue weighted by Crippen LogP contribution is 2.53. The molecule has 2 aliphatic carbocycles. The molecular weight excluding hydrogens is 422 g/mol. The second-order valence-corrected chi connectivity index (χ2v) is 9.71. The Bertz CT molecular complexity index is 1160. The van der Waals surface area contributed by atoms with Gasteiger partial charge in [-0.3, -0.25) is 4.79 Å². The Balaban J connectivity index is 1.33. The second kappa shape index (κ2) is 7.63. The van der Waals surface area contributed by atoms with Gasteiger partial charge in [-0.1, -0.05) is 42.0 Å². The number of esters is 1. The molecule has 2 aliphatic heterocycles. The lowest BCUT2D eigenvalue weighted by molar-refractivity contribution is 0.0473. The first-order valence-electron chi connectivity index (χ1n) is 11.3. The average Bonchev–Trinajstić information content (AvgIpc) is 3.47. The van der Waals surface area contributed by atoms with E-state index in [1.54, 1.807) is 24.3 Å². The summed E-state index contributed by atoms with van der Waals surface area (Å²) in [6, 6.07) is 10.7. The van der Waals surface area contributed by atoms with Crippen LogP contribution in [0.15, 0.2) is 60.7 Å². The first-order chi connectivity index (χ1) is 15.6. The quantitative estimate of drug-likeness (QED) is 0.352. The summed E-state index contributed by atoms with van der Waals surface area (Å²) >= 11 is 5.90. The van der Waals surface area contributed by atoms with Crippen molar-refractivity contribution in [2.75, 3.05) is 24.6 Å². The molecule has 0 bridgehead atoms. The maximum atomic E-state index is 13.2. The summed E-state index contributed by atoms with van der Waals surface area (Å²) in [6.45, 7) is 1.79. The van der Waals surface area contributed by atoms with Crippen molar-refractivity contribution in [3.8, 4) is 0 Å². The number of benzene rings is 2. The van der Waals surface area contributed by atoms with Gasteiger partial charge in [0.05, 0.1) is 5.56 Å². The standard InChI is InChI=1S/C27H24ClNO3/c28-19-9-7-16(8-10-19)24(30)15-32-27(31)23-12-11-22-20-5-1-3-17(20)13-29-14-18-4-2-6-21(18)25(23)26(22)29/h1-2,5-12,17-18,20-21H,3-4,13-15H2. The summed E-state index contributed by atoms with van der Waals surface area (Å²) in [5.74, 6) is 1.12. The molecule has 0 amide bonds. The summed E-state index contributed by atoms with van der Waals surface area (Å²) in [5, 5.41) is 0.565. The maximum Gasteiger partial charge on any atom is 0.338 e. The number of rotatable bonds is 4. The number of hydrogen-bond acceptors (Lipinski definition) is 4. The fraction of sp³-hybridized carbons (Fsp3) is 0.333. The van der Waals surface area contributed by atoms with Crippen molar-refractivity contribution in [1.29, 1.82) is 0 Å². The summed E-state index contributed by atoms with van der Waals surface area (Å²) in [5.41, 5.74) is 4.73. The largest absolute Gasteiger partial charge is 0.454 e. The molecular formula is C27H24ClNO3. The second-order valence-electron chi connectivity index (χ2n) is 9.28. The number of nitrogens with zero attached hydrogens (tertiary/aromatic N) is 1. The van der Waals surface area contributed by atoms with E-state index in [1.165, 1.54) is 11.3 Å². The average molecular weight is 446 g/mol. The first-order valence-corrected chi connectivity index (χ1v) is 11.7. The van der Waals surface area contributed by atoms with Crippen LogP contribution in [0.1, 0.15) is 56.5 Å². The lowest BCUT2D eigenvalue weighted by atomic mass is 9.73. The van der Waals surface area contributed by atoms with Crippen LogP contribution in [0.2, 0.25) is 5.02 Å². The third-order valence-electron chi connectivity index (χ3n) is 7.47. The van der Waals surface area contributed by atoms with Crippen LogP contribution in [0.5, 0.6) is 0 Å². The Kier molecular flexibility index (Phi) is 4.72. The number of ether oxygens (including phenoxy) is 1. The molecule has 32 heavy (non-hydrogen) atoms. The Morgan fingerprint density at radius 1 is 0.938 bits per heavy atom. The highest BCUT2D eigenvalue weighted by Gasteiger charge is 2.44.